The Hall–Kier alpha value is -1.19. The molecule has 0 N–H and O–H groups in total. The second-order valence-electron chi connectivity index (χ2n) is 9.60. The summed E-state index contributed by atoms with van der Waals surface area (Å²) in [6.45, 7) is 0.291. The van der Waals surface area contributed by atoms with E-state index < -0.39 is 12.1 Å². The average Bonchev–Trinajstić information content (AvgIpc) is 3.19. The van der Waals surface area contributed by atoms with E-state index in [1.807, 2.05) is 30.3 Å². The van der Waals surface area contributed by atoms with E-state index in [4.69, 9.17) is 16.5 Å². The quantitative estimate of drug-likeness (QED) is 0.460. The summed E-state index contributed by atoms with van der Waals surface area (Å²) in [6.07, 6.45) is 14.3. The summed E-state index contributed by atoms with van der Waals surface area (Å²) < 4.78 is 5.29. The molecule has 1 aromatic carbocycles. The largest absolute Gasteiger partial charge is 0.447 e. The Morgan fingerprint density at radius 3 is 2.13 bits per heavy atom. The van der Waals surface area contributed by atoms with Crippen molar-refractivity contribution in [2.75, 3.05) is 12.8 Å². The topological polar surface area (TPSA) is 46.6 Å². The Balaban J connectivity index is 1.44. The Morgan fingerprint density at radius 1 is 0.968 bits per heavy atom. The number of ether oxygens (including phenoxy) is 1. The van der Waals surface area contributed by atoms with Gasteiger partial charge in [-0.25, -0.2) is 9.69 Å². The summed E-state index contributed by atoms with van der Waals surface area (Å²) in [4.78, 5) is 27.1. The van der Waals surface area contributed by atoms with Crippen molar-refractivity contribution in [1.29, 1.82) is 0 Å². The fourth-order valence-corrected chi connectivity index (χ4v) is 11.8. The molecule has 3 aliphatic rings. The highest BCUT2D eigenvalue weighted by Gasteiger charge is 2.41. The summed E-state index contributed by atoms with van der Waals surface area (Å²) in [6, 6.07) is 8.19. The molecule has 6 heteroatoms. The van der Waals surface area contributed by atoms with Crippen LogP contribution in [0.15, 0.2) is 30.3 Å². The van der Waals surface area contributed by atoms with Crippen LogP contribution in [0.4, 0.5) is 4.79 Å². The maximum Gasteiger partial charge on any atom is 0.416 e. The van der Waals surface area contributed by atoms with Crippen molar-refractivity contribution >= 4 is 29.8 Å². The second-order valence-corrected chi connectivity index (χ2v) is 15.3. The van der Waals surface area contributed by atoms with Gasteiger partial charge in [-0.2, -0.15) is 0 Å². The van der Waals surface area contributed by atoms with Crippen LogP contribution in [0.1, 0.15) is 76.2 Å². The molecular weight excluding hydrogens is 425 g/mol. The summed E-state index contributed by atoms with van der Waals surface area (Å²) in [7, 11) is 0. The molecule has 0 unspecified atom stereocenters. The maximum absolute atomic E-state index is 13.3. The van der Waals surface area contributed by atoms with Crippen molar-refractivity contribution in [3.63, 3.8) is 0 Å². The van der Waals surface area contributed by atoms with Crippen molar-refractivity contribution in [2.45, 2.75) is 94.4 Å². The zero-order chi connectivity index (χ0) is 21.7. The Kier molecular flexibility index (Phi) is 7.87. The molecule has 1 saturated heterocycles. The highest BCUT2D eigenvalue weighted by atomic mass is 32.4. The van der Waals surface area contributed by atoms with E-state index in [9.17, 15) is 9.59 Å². The number of benzene rings is 1. The van der Waals surface area contributed by atoms with Crippen LogP contribution in [0.25, 0.3) is 0 Å². The van der Waals surface area contributed by atoms with Crippen molar-refractivity contribution < 1.29 is 14.3 Å². The van der Waals surface area contributed by atoms with Crippen molar-refractivity contribution in [3.8, 4) is 0 Å². The number of hydrogen-bond acceptors (Lipinski definition) is 4. The lowest BCUT2D eigenvalue weighted by atomic mass is 9.99. The zero-order valence-electron chi connectivity index (χ0n) is 18.5. The molecule has 1 aliphatic heterocycles. The molecule has 3 fully saturated rings. The third kappa shape index (κ3) is 5.42. The molecule has 2 amide bonds. The lowest BCUT2D eigenvalue weighted by Gasteiger charge is -2.41. The normalized spacial score (nSPS) is 23.7. The summed E-state index contributed by atoms with van der Waals surface area (Å²) in [5.74, 6) is -0.0794. The Bertz CT molecular complexity index is 780. The predicted molar refractivity (Wildman–Crippen MR) is 130 cm³/mol. The van der Waals surface area contributed by atoms with E-state index in [0.29, 0.717) is 30.8 Å². The maximum atomic E-state index is 13.3. The fourth-order valence-electron chi connectivity index (χ4n) is 5.89. The standard InChI is InChI=1S/C25H36NO3PS/c27-24(26-21(19-29-25(26)28)18-20-10-4-1-5-11-20)16-17-30(31,22-12-6-2-7-13-22)23-14-8-3-9-15-23/h1,4-5,10-11,21-23H,2-3,6-9,12-19H2/t21-/m0/s1. The van der Waals surface area contributed by atoms with Gasteiger partial charge < -0.3 is 4.74 Å². The second kappa shape index (κ2) is 10.6. The van der Waals surface area contributed by atoms with Gasteiger partial charge in [0, 0.05) is 6.42 Å². The van der Waals surface area contributed by atoms with Gasteiger partial charge in [0.1, 0.15) is 6.61 Å². The van der Waals surface area contributed by atoms with Crippen molar-refractivity contribution in [3.05, 3.63) is 35.9 Å². The van der Waals surface area contributed by atoms with Crippen LogP contribution in [0.3, 0.4) is 0 Å². The van der Waals surface area contributed by atoms with E-state index in [-0.39, 0.29) is 11.9 Å². The first kappa shape index (κ1) is 23.0. The van der Waals surface area contributed by atoms with Gasteiger partial charge in [0.15, 0.2) is 0 Å². The summed E-state index contributed by atoms with van der Waals surface area (Å²) >= 11 is 6.52. The van der Waals surface area contributed by atoms with E-state index >= 15 is 0 Å². The van der Waals surface area contributed by atoms with Crippen molar-refractivity contribution in [2.24, 2.45) is 0 Å². The molecule has 0 bridgehead atoms. The monoisotopic (exact) mass is 461 g/mol. The van der Waals surface area contributed by atoms with Crippen molar-refractivity contribution in [1.82, 2.24) is 4.90 Å². The number of amides is 2. The van der Waals surface area contributed by atoms with Gasteiger partial charge in [-0.3, -0.25) is 4.79 Å². The minimum Gasteiger partial charge on any atom is -0.447 e. The minimum atomic E-state index is -1.64. The number of hydrogen-bond donors (Lipinski definition) is 0. The molecule has 1 heterocycles. The highest BCUT2D eigenvalue weighted by molar-refractivity contribution is 8.15. The fraction of sp³-hybridized carbons (Fsp3) is 0.680. The van der Waals surface area contributed by atoms with E-state index in [1.165, 1.54) is 69.1 Å². The molecule has 31 heavy (non-hydrogen) atoms. The van der Waals surface area contributed by atoms with E-state index in [1.54, 1.807) is 0 Å². The lowest BCUT2D eigenvalue weighted by Crippen LogP contribution is -2.40. The third-order valence-corrected chi connectivity index (χ3v) is 14.4. The number of rotatable bonds is 7. The Morgan fingerprint density at radius 2 is 1.55 bits per heavy atom. The first-order valence-corrected chi connectivity index (χ1v) is 15.3. The number of nitrogens with zero attached hydrogens (tertiary/aromatic N) is 1. The predicted octanol–water partition coefficient (Wildman–Crippen LogP) is 6.11. The minimum absolute atomic E-state index is 0.0794. The first-order chi connectivity index (χ1) is 15.1. The number of cyclic esters (lactones) is 1. The molecule has 170 valence electrons. The number of imide groups is 1. The van der Waals surface area contributed by atoms with Crippen LogP contribution in [0, 0.1) is 0 Å². The molecule has 1 atom stereocenters. The molecule has 2 saturated carbocycles. The van der Waals surface area contributed by atoms with Gasteiger partial charge in [0.2, 0.25) is 5.91 Å². The number of carbonyl (C=O) groups is 2. The van der Waals surface area contributed by atoms with Gasteiger partial charge in [-0.05, 0) is 61.2 Å². The molecule has 4 rings (SSSR count). The van der Waals surface area contributed by atoms with Crippen LogP contribution in [-0.4, -0.2) is 47.0 Å². The molecule has 2 aliphatic carbocycles. The van der Waals surface area contributed by atoms with Crippen LogP contribution in [0.2, 0.25) is 0 Å². The molecule has 4 nitrogen and oxygen atoms in total. The Labute approximate surface area is 192 Å². The molecular formula is C25H36NO3PS. The van der Waals surface area contributed by atoms with E-state index in [0.717, 1.165) is 11.7 Å². The molecule has 0 spiro atoms. The van der Waals surface area contributed by atoms with Gasteiger partial charge in [-0.15, -0.1) is 0 Å². The van der Waals surface area contributed by atoms with Gasteiger partial charge in [0.25, 0.3) is 0 Å². The van der Waals surface area contributed by atoms with Crippen LogP contribution in [-0.2, 0) is 27.8 Å². The van der Waals surface area contributed by atoms with Gasteiger partial charge in [0.05, 0.1) is 6.04 Å². The van der Waals surface area contributed by atoms with Crippen LogP contribution in [0.5, 0.6) is 0 Å². The summed E-state index contributed by atoms with van der Waals surface area (Å²) in [5, 5.41) is 0. The molecule has 0 aromatic heterocycles. The average molecular weight is 462 g/mol. The van der Waals surface area contributed by atoms with Gasteiger partial charge >= 0.3 is 6.09 Å². The highest BCUT2D eigenvalue weighted by Crippen LogP contribution is 2.63. The smallest absolute Gasteiger partial charge is 0.416 e. The zero-order valence-corrected chi connectivity index (χ0v) is 20.3. The van der Waals surface area contributed by atoms with E-state index in [2.05, 4.69) is 0 Å². The van der Waals surface area contributed by atoms with Crippen LogP contribution < -0.4 is 0 Å². The summed E-state index contributed by atoms with van der Waals surface area (Å²) in [5.41, 5.74) is 2.42. The lowest BCUT2D eigenvalue weighted by molar-refractivity contribution is -0.128. The number of carbonyl (C=O) groups excluding carboxylic acids is 2. The molecule has 1 aromatic rings. The van der Waals surface area contributed by atoms with Crippen LogP contribution >= 0.6 is 6.04 Å². The first-order valence-electron chi connectivity index (χ1n) is 12.2. The molecule has 0 radical (unpaired) electrons. The third-order valence-electron chi connectivity index (χ3n) is 7.60. The van der Waals surface area contributed by atoms with Gasteiger partial charge in [-0.1, -0.05) is 80.7 Å². The SMILES string of the molecule is O=C(CCP(=S)(C1CCCCC1)C1CCCCC1)N1C(=O)OC[C@@H]1Cc1ccccc1.